The SMILES string of the molecule is c1ccc(CCCN2CCN3CCCCC3C2)cc1. The minimum atomic E-state index is 0.860. The molecule has 2 aliphatic rings. The molecular weight excluding hydrogens is 232 g/mol. The van der Waals surface area contributed by atoms with Crippen LogP contribution in [0, 0.1) is 0 Å². The van der Waals surface area contributed by atoms with E-state index in [2.05, 4.69) is 40.1 Å². The zero-order chi connectivity index (χ0) is 12.9. The van der Waals surface area contributed by atoms with Gasteiger partial charge in [0.25, 0.3) is 0 Å². The van der Waals surface area contributed by atoms with Crippen molar-refractivity contribution >= 4 is 0 Å². The predicted molar refractivity (Wildman–Crippen MR) is 80.4 cm³/mol. The van der Waals surface area contributed by atoms with Gasteiger partial charge in [0.05, 0.1) is 0 Å². The molecule has 0 radical (unpaired) electrons. The third-order valence-corrected chi connectivity index (χ3v) is 4.70. The second-order valence-corrected chi connectivity index (χ2v) is 6.08. The molecule has 19 heavy (non-hydrogen) atoms. The molecule has 2 fully saturated rings. The van der Waals surface area contributed by atoms with Crippen molar-refractivity contribution in [2.45, 2.75) is 38.1 Å². The molecule has 2 nitrogen and oxygen atoms in total. The second kappa shape index (κ2) is 6.53. The van der Waals surface area contributed by atoms with E-state index in [9.17, 15) is 0 Å². The number of hydrogen-bond donors (Lipinski definition) is 0. The molecule has 0 aromatic heterocycles. The summed E-state index contributed by atoms with van der Waals surface area (Å²) in [6, 6.07) is 11.8. The van der Waals surface area contributed by atoms with Crippen molar-refractivity contribution in [3.63, 3.8) is 0 Å². The number of hydrogen-bond acceptors (Lipinski definition) is 2. The van der Waals surface area contributed by atoms with Crippen LogP contribution in [0.1, 0.15) is 31.2 Å². The standard InChI is InChI=1S/C17H26N2/c1-2-7-16(8-3-1)9-6-11-18-13-14-19-12-5-4-10-17(19)15-18/h1-3,7-8,17H,4-6,9-15H2. The van der Waals surface area contributed by atoms with E-state index >= 15 is 0 Å². The normalized spacial score (nSPS) is 25.2. The van der Waals surface area contributed by atoms with E-state index in [0.29, 0.717) is 0 Å². The van der Waals surface area contributed by atoms with Gasteiger partial charge >= 0.3 is 0 Å². The Hall–Kier alpha value is -0.860. The molecule has 0 N–H and O–H groups in total. The van der Waals surface area contributed by atoms with E-state index in [1.54, 1.807) is 0 Å². The lowest BCUT2D eigenvalue weighted by Gasteiger charge is -2.44. The highest BCUT2D eigenvalue weighted by atomic mass is 15.3. The lowest BCUT2D eigenvalue weighted by molar-refractivity contribution is 0.0490. The molecule has 0 spiro atoms. The molecule has 2 heteroatoms. The largest absolute Gasteiger partial charge is 0.301 e. The van der Waals surface area contributed by atoms with Gasteiger partial charge in [0, 0.05) is 25.7 Å². The van der Waals surface area contributed by atoms with Crippen LogP contribution in [0.2, 0.25) is 0 Å². The van der Waals surface area contributed by atoms with Crippen LogP contribution >= 0.6 is 0 Å². The topological polar surface area (TPSA) is 6.48 Å². The monoisotopic (exact) mass is 258 g/mol. The first kappa shape index (κ1) is 13.1. The number of benzene rings is 1. The van der Waals surface area contributed by atoms with Crippen LogP contribution in [0.15, 0.2) is 30.3 Å². The summed E-state index contributed by atoms with van der Waals surface area (Å²) < 4.78 is 0. The van der Waals surface area contributed by atoms with Crippen molar-refractivity contribution in [1.29, 1.82) is 0 Å². The molecule has 2 heterocycles. The van der Waals surface area contributed by atoms with E-state index in [1.807, 2.05) is 0 Å². The molecule has 1 atom stereocenters. The molecule has 1 aromatic carbocycles. The molecule has 0 aliphatic carbocycles. The molecule has 2 aliphatic heterocycles. The van der Waals surface area contributed by atoms with Crippen LogP contribution < -0.4 is 0 Å². The van der Waals surface area contributed by atoms with Gasteiger partial charge in [-0.3, -0.25) is 4.90 Å². The van der Waals surface area contributed by atoms with Gasteiger partial charge < -0.3 is 4.90 Å². The average molecular weight is 258 g/mol. The summed E-state index contributed by atoms with van der Waals surface area (Å²) >= 11 is 0. The van der Waals surface area contributed by atoms with Gasteiger partial charge in [0.15, 0.2) is 0 Å². The maximum atomic E-state index is 2.72. The van der Waals surface area contributed by atoms with Gasteiger partial charge in [-0.15, -0.1) is 0 Å². The molecule has 0 bridgehead atoms. The summed E-state index contributed by atoms with van der Waals surface area (Å²) in [4.78, 5) is 5.41. The highest BCUT2D eigenvalue weighted by molar-refractivity contribution is 5.14. The van der Waals surface area contributed by atoms with Crippen LogP contribution in [-0.2, 0) is 6.42 Å². The zero-order valence-electron chi connectivity index (χ0n) is 11.9. The Morgan fingerprint density at radius 2 is 1.89 bits per heavy atom. The van der Waals surface area contributed by atoms with Crippen molar-refractivity contribution in [2.24, 2.45) is 0 Å². The summed E-state index contributed by atoms with van der Waals surface area (Å²) in [6.45, 7) is 6.53. The van der Waals surface area contributed by atoms with E-state index in [1.165, 1.54) is 70.4 Å². The first-order valence-electron chi connectivity index (χ1n) is 7.92. The van der Waals surface area contributed by atoms with Crippen LogP contribution in [0.5, 0.6) is 0 Å². The van der Waals surface area contributed by atoms with Crippen LogP contribution in [0.3, 0.4) is 0 Å². The Morgan fingerprint density at radius 1 is 1.00 bits per heavy atom. The quantitative estimate of drug-likeness (QED) is 0.819. The first-order chi connectivity index (χ1) is 9.42. The van der Waals surface area contributed by atoms with Crippen LogP contribution in [-0.4, -0.2) is 48.6 Å². The minimum absolute atomic E-state index is 0.860. The lowest BCUT2D eigenvalue weighted by atomic mass is 9.99. The summed E-state index contributed by atoms with van der Waals surface area (Å²) in [7, 11) is 0. The zero-order valence-corrected chi connectivity index (χ0v) is 11.9. The first-order valence-corrected chi connectivity index (χ1v) is 7.92. The predicted octanol–water partition coefficient (Wildman–Crippen LogP) is 2.79. The number of rotatable bonds is 4. The lowest BCUT2D eigenvalue weighted by Crippen LogP contribution is -2.54. The highest BCUT2D eigenvalue weighted by Gasteiger charge is 2.28. The van der Waals surface area contributed by atoms with E-state index < -0.39 is 0 Å². The van der Waals surface area contributed by atoms with E-state index in [-0.39, 0.29) is 0 Å². The van der Waals surface area contributed by atoms with Gasteiger partial charge in [-0.1, -0.05) is 36.8 Å². The molecule has 2 saturated heterocycles. The maximum Gasteiger partial charge on any atom is 0.0223 e. The number of piperidine rings is 1. The number of fused-ring (bicyclic) bond motifs is 1. The number of aryl methyl sites for hydroxylation is 1. The molecule has 104 valence electrons. The van der Waals surface area contributed by atoms with Gasteiger partial charge in [-0.05, 0) is 44.3 Å². The highest BCUT2D eigenvalue weighted by Crippen LogP contribution is 2.21. The minimum Gasteiger partial charge on any atom is -0.301 e. The van der Waals surface area contributed by atoms with Gasteiger partial charge in [-0.2, -0.15) is 0 Å². The van der Waals surface area contributed by atoms with Gasteiger partial charge in [0.2, 0.25) is 0 Å². The molecular formula is C17H26N2. The Bertz CT molecular complexity index is 376. The Balaban J connectivity index is 1.41. The molecule has 1 aromatic rings. The van der Waals surface area contributed by atoms with Crippen molar-refractivity contribution in [2.75, 3.05) is 32.7 Å². The average Bonchev–Trinajstić information content (AvgIpc) is 2.48. The second-order valence-electron chi connectivity index (χ2n) is 6.08. The molecule has 0 saturated carbocycles. The van der Waals surface area contributed by atoms with E-state index in [4.69, 9.17) is 0 Å². The van der Waals surface area contributed by atoms with Crippen molar-refractivity contribution < 1.29 is 0 Å². The van der Waals surface area contributed by atoms with Crippen molar-refractivity contribution in [3.8, 4) is 0 Å². The fourth-order valence-electron chi connectivity index (χ4n) is 3.57. The third kappa shape index (κ3) is 3.58. The Labute approximate surface area is 117 Å². The summed E-state index contributed by atoms with van der Waals surface area (Å²) in [5.41, 5.74) is 1.49. The fraction of sp³-hybridized carbons (Fsp3) is 0.647. The van der Waals surface area contributed by atoms with Crippen molar-refractivity contribution in [1.82, 2.24) is 9.80 Å². The fourth-order valence-corrected chi connectivity index (χ4v) is 3.57. The molecule has 0 amide bonds. The van der Waals surface area contributed by atoms with Gasteiger partial charge in [0.1, 0.15) is 0 Å². The maximum absolute atomic E-state index is 2.72. The van der Waals surface area contributed by atoms with Gasteiger partial charge in [-0.25, -0.2) is 0 Å². The van der Waals surface area contributed by atoms with Crippen LogP contribution in [0.25, 0.3) is 0 Å². The Kier molecular flexibility index (Phi) is 4.52. The van der Waals surface area contributed by atoms with Crippen LogP contribution in [0.4, 0.5) is 0 Å². The molecule has 3 rings (SSSR count). The Morgan fingerprint density at radius 3 is 2.79 bits per heavy atom. The summed E-state index contributed by atoms with van der Waals surface area (Å²) in [5.74, 6) is 0. The molecule has 1 unspecified atom stereocenters. The van der Waals surface area contributed by atoms with Crippen molar-refractivity contribution in [3.05, 3.63) is 35.9 Å². The number of piperazine rings is 1. The van der Waals surface area contributed by atoms with E-state index in [0.717, 1.165) is 6.04 Å². The summed E-state index contributed by atoms with van der Waals surface area (Å²) in [6.07, 6.45) is 6.82. The third-order valence-electron chi connectivity index (χ3n) is 4.70. The number of nitrogens with zero attached hydrogens (tertiary/aromatic N) is 2. The summed E-state index contributed by atoms with van der Waals surface area (Å²) in [5, 5.41) is 0. The smallest absolute Gasteiger partial charge is 0.0223 e.